The first kappa shape index (κ1) is 22.1. The van der Waals surface area contributed by atoms with Gasteiger partial charge >= 0.3 is 5.97 Å². The zero-order valence-corrected chi connectivity index (χ0v) is 17.5. The molecule has 1 amide bonds. The van der Waals surface area contributed by atoms with Gasteiger partial charge in [0.25, 0.3) is 5.91 Å². The highest BCUT2D eigenvalue weighted by Gasteiger charge is 2.29. The molecule has 1 atom stereocenters. The highest BCUT2D eigenvalue weighted by molar-refractivity contribution is 6.00. The van der Waals surface area contributed by atoms with Crippen molar-refractivity contribution in [1.82, 2.24) is 0 Å². The maximum atomic E-state index is 13.0. The van der Waals surface area contributed by atoms with E-state index in [0.29, 0.717) is 23.4 Å². The predicted octanol–water partition coefficient (Wildman–Crippen LogP) is 4.46. The number of para-hydroxylation sites is 2. The van der Waals surface area contributed by atoms with Gasteiger partial charge in [-0.1, -0.05) is 36.4 Å². The van der Waals surface area contributed by atoms with Crippen molar-refractivity contribution < 1.29 is 23.5 Å². The number of esters is 1. The third-order valence-corrected chi connectivity index (χ3v) is 4.75. The van der Waals surface area contributed by atoms with E-state index in [0.717, 1.165) is 5.39 Å². The van der Waals surface area contributed by atoms with Crippen LogP contribution < -0.4 is 4.90 Å². The monoisotopic (exact) mass is 420 g/mol. The summed E-state index contributed by atoms with van der Waals surface area (Å²) in [5.74, 6) is -1.13. The molecule has 0 aliphatic carbocycles. The van der Waals surface area contributed by atoms with E-state index in [2.05, 4.69) is 0 Å². The maximum absolute atomic E-state index is 13.0. The van der Waals surface area contributed by atoms with Gasteiger partial charge in [0.1, 0.15) is 5.58 Å². The number of carbonyl (C=O) groups is 2. The fourth-order valence-corrected chi connectivity index (χ4v) is 3.23. The Labute approximate surface area is 180 Å². The first-order valence-corrected chi connectivity index (χ1v) is 10.1. The SMILES string of the molecule is CCOCc1c(C(=O)O[C@@H](C)C(=O)N(CCC#N)c2ccccc2)oc2ccccc12. The Balaban J connectivity index is 1.82. The smallest absolute Gasteiger partial charge is 0.375 e. The van der Waals surface area contributed by atoms with Crippen LogP contribution in [0.25, 0.3) is 11.0 Å². The molecule has 3 rings (SSSR count). The van der Waals surface area contributed by atoms with E-state index in [4.69, 9.17) is 19.2 Å². The number of amides is 1. The van der Waals surface area contributed by atoms with E-state index in [-0.39, 0.29) is 25.3 Å². The molecule has 7 heteroatoms. The largest absolute Gasteiger partial charge is 0.449 e. The minimum atomic E-state index is -1.07. The minimum Gasteiger partial charge on any atom is -0.449 e. The number of benzene rings is 2. The maximum Gasteiger partial charge on any atom is 0.375 e. The average molecular weight is 420 g/mol. The summed E-state index contributed by atoms with van der Waals surface area (Å²) in [6.45, 7) is 4.24. The summed E-state index contributed by atoms with van der Waals surface area (Å²) in [4.78, 5) is 27.4. The number of fused-ring (bicyclic) bond motifs is 1. The number of hydrogen-bond donors (Lipinski definition) is 0. The van der Waals surface area contributed by atoms with E-state index < -0.39 is 18.0 Å². The van der Waals surface area contributed by atoms with E-state index in [1.807, 2.05) is 37.3 Å². The lowest BCUT2D eigenvalue weighted by atomic mass is 10.1. The van der Waals surface area contributed by atoms with E-state index >= 15 is 0 Å². The molecule has 2 aromatic carbocycles. The van der Waals surface area contributed by atoms with Crippen LogP contribution in [0.2, 0.25) is 0 Å². The van der Waals surface area contributed by atoms with Crippen LogP contribution in [-0.2, 0) is 20.9 Å². The van der Waals surface area contributed by atoms with Gasteiger partial charge in [-0.3, -0.25) is 4.79 Å². The Kier molecular flexibility index (Phi) is 7.41. The van der Waals surface area contributed by atoms with Gasteiger partial charge in [0.05, 0.1) is 19.1 Å². The number of nitrogens with zero attached hydrogens (tertiary/aromatic N) is 2. The van der Waals surface area contributed by atoms with Gasteiger partial charge < -0.3 is 18.8 Å². The van der Waals surface area contributed by atoms with Gasteiger partial charge in [-0.25, -0.2) is 4.79 Å². The topological polar surface area (TPSA) is 92.8 Å². The highest BCUT2D eigenvalue weighted by Crippen LogP contribution is 2.28. The normalized spacial score (nSPS) is 11.6. The molecule has 0 radical (unpaired) electrons. The third-order valence-electron chi connectivity index (χ3n) is 4.75. The molecule has 7 nitrogen and oxygen atoms in total. The third kappa shape index (κ3) is 5.11. The Morgan fingerprint density at radius 1 is 1.13 bits per heavy atom. The van der Waals surface area contributed by atoms with Crippen molar-refractivity contribution in [3.63, 3.8) is 0 Å². The van der Waals surface area contributed by atoms with Crippen LogP contribution in [0.5, 0.6) is 0 Å². The van der Waals surface area contributed by atoms with E-state index in [1.165, 1.54) is 11.8 Å². The summed E-state index contributed by atoms with van der Waals surface area (Å²) in [5, 5.41) is 9.72. The van der Waals surface area contributed by atoms with Crippen LogP contribution in [0.1, 0.15) is 36.4 Å². The first-order valence-electron chi connectivity index (χ1n) is 10.1. The van der Waals surface area contributed by atoms with Crippen LogP contribution in [0, 0.1) is 11.3 Å². The highest BCUT2D eigenvalue weighted by atomic mass is 16.6. The minimum absolute atomic E-state index is 0.0255. The number of ether oxygens (including phenoxy) is 2. The fourth-order valence-electron chi connectivity index (χ4n) is 3.23. The molecular weight excluding hydrogens is 396 g/mol. The number of furan rings is 1. The van der Waals surface area contributed by atoms with Crippen molar-refractivity contribution in [3.05, 3.63) is 65.9 Å². The Morgan fingerprint density at radius 2 is 1.84 bits per heavy atom. The molecule has 0 spiro atoms. The van der Waals surface area contributed by atoms with Crippen LogP contribution in [-0.4, -0.2) is 31.1 Å². The molecule has 0 aliphatic heterocycles. The number of rotatable bonds is 9. The van der Waals surface area contributed by atoms with E-state index in [9.17, 15) is 9.59 Å². The summed E-state index contributed by atoms with van der Waals surface area (Å²) in [6, 6.07) is 18.3. The van der Waals surface area contributed by atoms with Gasteiger partial charge in [-0.15, -0.1) is 0 Å². The van der Waals surface area contributed by atoms with Crippen LogP contribution in [0.15, 0.2) is 59.0 Å². The molecule has 31 heavy (non-hydrogen) atoms. The molecule has 0 N–H and O–H groups in total. The molecule has 3 aromatic rings. The van der Waals surface area contributed by atoms with Crippen molar-refractivity contribution in [1.29, 1.82) is 5.26 Å². The van der Waals surface area contributed by atoms with E-state index in [1.54, 1.807) is 30.3 Å². The van der Waals surface area contributed by atoms with Crippen molar-refractivity contribution in [2.75, 3.05) is 18.1 Å². The van der Waals surface area contributed by atoms with Crippen molar-refractivity contribution in [3.8, 4) is 6.07 Å². The molecule has 1 heterocycles. The quantitative estimate of drug-likeness (QED) is 0.475. The summed E-state index contributed by atoms with van der Waals surface area (Å²) in [5.41, 5.74) is 1.76. The molecule has 0 aliphatic rings. The van der Waals surface area contributed by atoms with Crippen LogP contribution >= 0.6 is 0 Å². The number of hydrogen-bond acceptors (Lipinski definition) is 6. The van der Waals surface area contributed by atoms with Crippen LogP contribution in [0.3, 0.4) is 0 Å². The fraction of sp³-hybridized carbons (Fsp3) is 0.292. The molecule has 0 saturated heterocycles. The van der Waals surface area contributed by atoms with Gasteiger partial charge in [-0.05, 0) is 32.0 Å². The van der Waals surface area contributed by atoms with Gasteiger partial charge in [-0.2, -0.15) is 5.26 Å². The molecule has 1 aromatic heterocycles. The summed E-state index contributed by atoms with van der Waals surface area (Å²) < 4.78 is 16.7. The zero-order valence-electron chi connectivity index (χ0n) is 17.5. The lowest BCUT2D eigenvalue weighted by Crippen LogP contribution is -2.40. The van der Waals surface area contributed by atoms with Crippen LogP contribution in [0.4, 0.5) is 5.69 Å². The summed E-state index contributed by atoms with van der Waals surface area (Å²) >= 11 is 0. The number of anilines is 1. The zero-order chi connectivity index (χ0) is 22.2. The Hall–Kier alpha value is -3.63. The molecular formula is C24H24N2O5. The number of carbonyl (C=O) groups excluding carboxylic acids is 2. The molecule has 0 bridgehead atoms. The molecule has 0 saturated carbocycles. The molecule has 0 fully saturated rings. The second-order valence-corrected chi connectivity index (χ2v) is 6.82. The second kappa shape index (κ2) is 10.4. The van der Waals surface area contributed by atoms with Crippen molar-refractivity contribution >= 4 is 28.5 Å². The van der Waals surface area contributed by atoms with Gasteiger partial charge in [0.2, 0.25) is 5.76 Å². The molecule has 160 valence electrons. The average Bonchev–Trinajstić information content (AvgIpc) is 3.17. The Bertz CT molecular complexity index is 1080. The lowest BCUT2D eigenvalue weighted by Gasteiger charge is -2.25. The standard InChI is InChI=1S/C24H24N2O5/c1-3-29-16-20-19-12-7-8-13-21(19)31-22(20)24(28)30-17(2)23(27)26(15-9-14-25)18-10-5-4-6-11-18/h4-8,10-13,17H,3,9,15-16H2,1-2H3/t17-/m0/s1. The lowest BCUT2D eigenvalue weighted by molar-refractivity contribution is -0.126. The second-order valence-electron chi connectivity index (χ2n) is 6.82. The number of nitriles is 1. The summed E-state index contributed by atoms with van der Waals surface area (Å²) in [6.07, 6.45) is -0.914. The predicted molar refractivity (Wildman–Crippen MR) is 115 cm³/mol. The van der Waals surface area contributed by atoms with Gasteiger partial charge in [0.15, 0.2) is 6.10 Å². The molecule has 0 unspecified atom stereocenters. The van der Waals surface area contributed by atoms with Crippen molar-refractivity contribution in [2.24, 2.45) is 0 Å². The van der Waals surface area contributed by atoms with Gasteiger partial charge in [0, 0.05) is 29.8 Å². The first-order chi connectivity index (χ1) is 15.1. The Morgan fingerprint density at radius 3 is 2.55 bits per heavy atom. The summed E-state index contributed by atoms with van der Waals surface area (Å²) in [7, 11) is 0. The van der Waals surface area contributed by atoms with Crippen molar-refractivity contribution in [2.45, 2.75) is 33.0 Å².